The monoisotopic (exact) mass is 758 g/mol. The Morgan fingerprint density at radius 2 is 1.21 bits per heavy atom. The van der Waals surface area contributed by atoms with Crippen LogP contribution in [-0.4, -0.2) is 74.1 Å². The number of pyridine rings is 1. The summed E-state index contributed by atoms with van der Waals surface area (Å²) in [6.07, 6.45) is 1.64. The first-order chi connectivity index (χ1) is 27.9. The number of benzene rings is 4. The van der Waals surface area contributed by atoms with E-state index in [4.69, 9.17) is 25.2 Å². The van der Waals surface area contributed by atoms with Crippen LogP contribution < -0.4 is 15.2 Å². The van der Waals surface area contributed by atoms with Crippen molar-refractivity contribution < 1.29 is 9.47 Å². The van der Waals surface area contributed by atoms with Gasteiger partial charge in [-0.15, -0.1) is 0 Å². The topological polar surface area (TPSA) is 198 Å². The van der Waals surface area contributed by atoms with Crippen molar-refractivity contribution in [1.29, 1.82) is 0 Å². The van der Waals surface area contributed by atoms with Crippen LogP contribution in [0.25, 0.3) is 56.1 Å². The average molecular weight is 759 g/mol. The Morgan fingerprint density at radius 1 is 0.596 bits per heavy atom. The normalized spacial score (nSPS) is 11.3. The van der Waals surface area contributed by atoms with E-state index in [-0.39, 0.29) is 13.2 Å². The highest BCUT2D eigenvalue weighted by molar-refractivity contribution is 5.93. The molecule has 0 radical (unpaired) electrons. The summed E-state index contributed by atoms with van der Waals surface area (Å²) in [5.74, 6) is 1.83. The number of hydrogen-bond donors (Lipinski definition) is 1. The van der Waals surface area contributed by atoms with Gasteiger partial charge in [0.05, 0.1) is 33.3 Å². The van der Waals surface area contributed by atoms with Gasteiger partial charge in [-0.3, -0.25) is 4.98 Å². The number of rotatable bonds is 9. The Bertz CT molecular complexity index is 3000. The van der Waals surface area contributed by atoms with E-state index < -0.39 is 0 Å². The summed E-state index contributed by atoms with van der Waals surface area (Å²) in [4.78, 5) is 18.3. The van der Waals surface area contributed by atoms with Crippen molar-refractivity contribution in [3.05, 3.63) is 127 Å². The molecule has 0 aliphatic carbocycles. The van der Waals surface area contributed by atoms with E-state index >= 15 is 0 Å². The van der Waals surface area contributed by atoms with Gasteiger partial charge in [0, 0.05) is 38.6 Å². The second-order valence-corrected chi connectivity index (χ2v) is 12.9. The molecule has 2 N–H and O–H groups in total. The molecule has 18 nitrogen and oxygen atoms in total. The fraction of sp³-hybridized carbons (Fsp3) is 0.128. The second kappa shape index (κ2) is 14.7. The van der Waals surface area contributed by atoms with Crippen LogP contribution in [0.5, 0.6) is 12.0 Å². The lowest BCUT2D eigenvalue weighted by molar-refractivity contribution is 0.264. The summed E-state index contributed by atoms with van der Waals surface area (Å²) in [6.45, 7) is 0.486. The zero-order chi connectivity index (χ0) is 38.9. The first-order valence-corrected chi connectivity index (χ1v) is 17.8. The molecule has 0 saturated heterocycles. The Labute approximate surface area is 323 Å². The fourth-order valence-corrected chi connectivity index (χ4v) is 6.51. The van der Waals surface area contributed by atoms with Crippen molar-refractivity contribution in [2.75, 3.05) is 5.73 Å². The number of fused-ring (bicyclic) bond motifs is 3. The SMILES string of the molecule is Cn1nnnc1-n1c(OCc2cc(N)ccn2)nc2ccccc21.Cn1nnnc1-n1c(OCc2nc3ccccc3n2C)nc2c(-c3ccccc3)cccc21. The highest BCUT2D eigenvalue weighted by Crippen LogP contribution is 2.33. The summed E-state index contributed by atoms with van der Waals surface area (Å²) in [5, 5.41) is 23.6. The molecule has 6 heterocycles. The zero-order valence-electron chi connectivity index (χ0n) is 31.0. The number of ether oxygens (including phenoxy) is 2. The lowest BCUT2D eigenvalue weighted by Crippen LogP contribution is -2.10. The molecule has 0 amide bonds. The minimum atomic E-state index is 0.236. The van der Waals surface area contributed by atoms with Gasteiger partial charge in [-0.1, -0.05) is 76.9 Å². The average Bonchev–Trinajstić information content (AvgIpc) is 4.07. The molecule has 0 unspecified atom stereocenters. The molecule has 0 atom stereocenters. The highest BCUT2D eigenvalue weighted by Gasteiger charge is 2.22. The third kappa shape index (κ3) is 6.60. The van der Waals surface area contributed by atoms with Gasteiger partial charge < -0.3 is 19.8 Å². The summed E-state index contributed by atoms with van der Waals surface area (Å²) in [7, 11) is 5.53. The van der Waals surface area contributed by atoms with Crippen LogP contribution >= 0.6 is 0 Å². The van der Waals surface area contributed by atoms with E-state index in [1.165, 1.54) is 0 Å². The Balaban J connectivity index is 0.000000156. The van der Waals surface area contributed by atoms with Crippen LogP contribution in [0.1, 0.15) is 11.5 Å². The number of nitrogens with zero attached hydrogens (tertiary/aromatic N) is 15. The first kappa shape index (κ1) is 34.7. The summed E-state index contributed by atoms with van der Waals surface area (Å²) < 4.78 is 20.9. The van der Waals surface area contributed by atoms with Crippen molar-refractivity contribution in [2.24, 2.45) is 21.1 Å². The van der Waals surface area contributed by atoms with Gasteiger partial charge in [-0.2, -0.15) is 9.97 Å². The van der Waals surface area contributed by atoms with E-state index in [0.29, 0.717) is 35.3 Å². The van der Waals surface area contributed by atoms with Gasteiger partial charge in [0.15, 0.2) is 0 Å². The van der Waals surface area contributed by atoms with E-state index in [2.05, 4.69) is 59.2 Å². The van der Waals surface area contributed by atoms with Gasteiger partial charge in [0.1, 0.15) is 24.6 Å². The zero-order valence-corrected chi connectivity index (χ0v) is 31.0. The van der Waals surface area contributed by atoms with Gasteiger partial charge in [0.2, 0.25) is 0 Å². The van der Waals surface area contributed by atoms with E-state index in [0.717, 1.165) is 50.1 Å². The number of nitrogens with two attached hydrogens (primary N) is 1. The van der Waals surface area contributed by atoms with Crippen LogP contribution in [0.15, 0.2) is 115 Å². The van der Waals surface area contributed by atoms with Crippen LogP contribution in [0.2, 0.25) is 0 Å². The van der Waals surface area contributed by atoms with Crippen molar-refractivity contribution in [3.63, 3.8) is 0 Å². The van der Waals surface area contributed by atoms with Crippen molar-refractivity contribution in [1.82, 2.24) is 74.1 Å². The first-order valence-electron chi connectivity index (χ1n) is 17.8. The lowest BCUT2D eigenvalue weighted by atomic mass is 10.0. The molecule has 10 aromatic rings. The minimum Gasteiger partial charge on any atom is -0.458 e. The largest absolute Gasteiger partial charge is 0.458 e. The molecule has 0 fully saturated rings. The summed E-state index contributed by atoms with van der Waals surface area (Å²) in [6, 6.07) is 36.2. The Hall–Kier alpha value is -8.02. The molecule has 0 saturated carbocycles. The predicted molar refractivity (Wildman–Crippen MR) is 210 cm³/mol. The molecular formula is C39H34N16O2. The van der Waals surface area contributed by atoms with Gasteiger partial charge in [0.25, 0.3) is 11.9 Å². The standard InChI is InChI=1S/C24H20N8O.C15H14N8O/c1-30-19-13-7-6-12-18(19)25-21(30)15-33-24-26-22-17(16-9-4-3-5-10-16)11-8-14-20(22)32(24)23-27-28-29-31(23)2;1-22-14(19-20-21-22)23-13-5-3-2-4-12(13)18-15(23)24-9-11-8-10(16)6-7-17-11/h3-14H,15H2,1-2H3;2-8H,9H2,1H3,(H2,16,17). The van der Waals surface area contributed by atoms with E-state index in [9.17, 15) is 0 Å². The number of imidazole rings is 3. The molecule has 18 heteroatoms. The van der Waals surface area contributed by atoms with Gasteiger partial charge in [-0.05, 0) is 68.9 Å². The number of tetrazole rings is 2. The highest BCUT2D eigenvalue weighted by atomic mass is 16.5. The molecule has 0 aliphatic heterocycles. The molecule has 0 bridgehead atoms. The van der Waals surface area contributed by atoms with Gasteiger partial charge in [-0.25, -0.2) is 23.5 Å². The molecule has 0 aliphatic rings. The molecule has 282 valence electrons. The van der Waals surface area contributed by atoms with E-state index in [1.54, 1.807) is 46.4 Å². The van der Waals surface area contributed by atoms with Gasteiger partial charge >= 0.3 is 12.0 Å². The summed E-state index contributed by atoms with van der Waals surface area (Å²) >= 11 is 0. The summed E-state index contributed by atoms with van der Waals surface area (Å²) in [5.41, 5.74) is 14.5. The number of anilines is 1. The van der Waals surface area contributed by atoms with E-state index in [1.807, 2.05) is 95.0 Å². The van der Waals surface area contributed by atoms with Crippen molar-refractivity contribution in [3.8, 4) is 35.0 Å². The smallest absolute Gasteiger partial charge is 0.305 e. The third-order valence-corrected chi connectivity index (χ3v) is 9.26. The molecular weight excluding hydrogens is 725 g/mol. The Kier molecular flexibility index (Phi) is 8.93. The minimum absolute atomic E-state index is 0.236. The molecule has 4 aromatic carbocycles. The quantitative estimate of drug-likeness (QED) is 0.211. The van der Waals surface area contributed by atoms with Crippen LogP contribution in [-0.2, 0) is 34.4 Å². The maximum Gasteiger partial charge on any atom is 0.305 e. The molecule has 6 aromatic heterocycles. The fourth-order valence-electron chi connectivity index (χ4n) is 6.51. The van der Waals surface area contributed by atoms with Crippen LogP contribution in [0.3, 0.4) is 0 Å². The molecule has 57 heavy (non-hydrogen) atoms. The predicted octanol–water partition coefficient (Wildman–Crippen LogP) is 4.79. The third-order valence-electron chi connectivity index (χ3n) is 9.26. The number of aryl methyl sites for hydroxylation is 3. The second-order valence-electron chi connectivity index (χ2n) is 12.9. The Morgan fingerprint density at radius 3 is 1.89 bits per heavy atom. The number of para-hydroxylation sites is 5. The number of nitrogen functional groups attached to an aromatic ring is 1. The van der Waals surface area contributed by atoms with Crippen LogP contribution in [0.4, 0.5) is 5.69 Å². The molecule has 10 rings (SSSR count). The number of aromatic nitrogens is 15. The van der Waals surface area contributed by atoms with Crippen molar-refractivity contribution >= 4 is 38.8 Å². The maximum absolute atomic E-state index is 6.25. The molecule has 0 spiro atoms. The number of hydrogen-bond acceptors (Lipinski definition) is 13. The lowest BCUT2D eigenvalue weighted by Gasteiger charge is -2.08. The maximum atomic E-state index is 6.25. The van der Waals surface area contributed by atoms with Crippen molar-refractivity contribution in [2.45, 2.75) is 13.2 Å². The van der Waals surface area contributed by atoms with Crippen LogP contribution in [0, 0.1) is 0 Å².